The van der Waals surface area contributed by atoms with Crippen molar-refractivity contribution in [2.24, 2.45) is 5.73 Å². The fraction of sp³-hybridized carbons (Fsp3) is 0.333. The molecule has 0 radical (unpaired) electrons. The highest BCUT2D eigenvalue weighted by Gasteiger charge is 2.32. The number of halogens is 3. The Kier molecular flexibility index (Phi) is 3.93. The van der Waals surface area contributed by atoms with Gasteiger partial charge in [-0.3, -0.25) is 0 Å². The molecular weight excluding hydrogens is 273 g/mol. The van der Waals surface area contributed by atoms with Gasteiger partial charge in [0.15, 0.2) is 0 Å². The summed E-state index contributed by atoms with van der Waals surface area (Å²) in [6.45, 7) is 1.59. The molecule has 1 aromatic carbocycles. The first-order chi connectivity index (χ1) is 9.38. The average molecular weight is 286 g/mol. The summed E-state index contributed by atoms with van der Waals surface area (Å²) in [5.74, 6) is 0.219. The number of nitrogens with zero attached hydrogens (tertiary/aromatic N) is 2. The second-order valence-corrected chi connectivity index (χ2v) is 4.24. The van der Waals surface area contributed by atoms with Crippen molar-refractivity contribution < 1.29 is 17.6 Å². The van der Waals surface area contributed by atoms with E-state index in [0.717, 1.165) is 6.07 Å². The number of rotatable bonds is 4. The van der Waals surface area contributed by atoms with E-state index in [4.69, 9.17) is 10.2 Å². The normalized spacial score (nSPS) is 13.2. The van der Waals surface area contributed by atoms with Gasteiger partial charge in [-0.05, 0) is 18.6 Å². The number of hydrogen-bond acceptors (Lipinski definition) is 5. The van der Waals surface area contributed by atoms with E-state index in [1.165, 1.54) is 18.2 Å². The topological polar surface area (TPSA) is 77.0 Å². The van der Waals surface area contributed by atoms with E-state index in [1.807, 2.05) is 0 Å². The lowest BCUT2D eigenvalue weighted by Crippen LogP contribution is -2.11. The Morgan fingerprint density at radius 1 is 1.30 bits per heavy atom. The molecule has 0 saturated heterocycles. The van der Waals surface area contributed by atoms with Crippen LogP contribution in [0.2, 0.25) is 0 Å². The Balaban J connectivity index is 2.11. The zero-order valence-corrected chi connectivity index (χ0v) is 10.6. The molecule has 0 amide bonds. The molecule has 2 rings (SSSR count). The summed E-state index contributed by atoms with van der Waals surface area (Å²) in [6.07, 6.45) is -4.40. The van der Waals surface area contributed by atoms with Crippen molar-refractivity contribution in [2.75, 3.05) is 5.32 Å². The van der Waals surface area contributed by atoms with Crippen LogP contribution in [0.15, 0.2) is 28.7 Å². The van der Waals surface area contributed by atoms with Crippen molar-refractivity contribution >= 4 is 6.01 Å². The summed E-state index contributed by atoms with van der Waals surface area (Å²) in [5, 5.41) is 9.98. The highest BCUT2D eigenvalue weighted by atomic mass is 19.4. The number of nitrogens with two attached hydrogens (primary N) is 1. The van der Waals surface area contributed by atoms with Crippen molar-refractivity contribution in [3.05, 3.63) is 41.3 Å². The van der Waals surface area contributed by atoms with Gasteiger partial charge in [0.1, 0.15) is 0 Å². The zero-order valence-electron chi connectivity index (χ0n) is 10.6. The molecule has 2 aromatic rings. The smallest absolute Gasteiger partial charge is 0.406 e. The Hall–Kier alpha value is -2.09. The van der Waals surface area contributed by atoms with E-state index >= 15 is 0 Å². The van der Waals surface area contributed by atoms with Crippen molar-refractivity contribution in [2.45, 2.75) is 25.7 Å². The molecular formula is C12H13F3N4O. The lowest BCUT2D eigenvalue weighted by atomic mass is 10.1. The molecule has 0 bridgehead atoms. The maximum Gasteiger partial charge on any atom is 0.416 e. The zero-order chi connectivity index (χ0) is 14.8. The molecule has 108 valence electrons. The SMILES string of the molecule is CC(N)c1nnc(NCc2ccccc2C(F)(F)F)o1. The summed E-state index contributed by atoms with van der Waals surface area (Å²) in [6, 6.07) is 4.90. The quantitative estimate of drug-likeness (QED) is 0.903. The Morgan fingerprint density at radius 2 is 2.00 bits per heavy atom. The molecule has 0 aliphatic carbocycles. The molecule has 0 fully saturated rings. The molecule has 0 spiro atoms. The molecule has 0 aliphatic rings. The summed E-state index contributed by atoms with van der Waals surface area (Å²) in [5.41, 5.74) is 4.95. The van der Waals surface area contributed by atoms with E-state index in [1.54, 1.807) is 6.92 Å². The number of anilines is 1. The minimum Gasteiger partial charge on any atom is -0.406 e. The predicted octanol–water partition coefficient (Wildman–Crippen LogP) is 2.72. The molecule has 0 saturated carbocycles. The Morgan fingerprint density at radius 3 is 2.60 bits per heavy atom. The van der Waals surface area contributed by atoms with E-state index < -0.39 is 17.8 Å². The van der Waals surface area contributed by atoms with Crippen LogP contribution in [0.5, 0.6) is 0 Å². The van der Waals surface area contributed by atoms with Crippen LogP contribution < -0.4 is 11.1 Å². The summed E-state index contributed by atoms with van der Waals surface area (Å²) in [7, 11) is 0. The van der Waals surface area contributed by atoms with Crippen molar-refractivity contribution in [1.29, 1.82) is 0 Å². The first-order valence-corrected chi connectivity index (χ1v) is 5.86. The lowest BCUT2D eigenvalue weighted by molar-refractivity contribution is -0.138. The van der Waals surface area contributed by atoms with Crippen LogP contribution in [0.4, 0.5) is 19.2 Å². The molecule has 1 aromatic heterocycles. The van der Waals surface area contributed by atoms with Crippen LogP contribution in [0, 0.1) is 0 Å². The molecule has 8 heteroatoms. The van der Waals surface area contributed by atoms with E-state index in [9.17, 15) is 13.2 Å². The van der Waals surface area contributed by atoms with Gasteiger partial charge in [-0.2, -0.15) is 13.2 Å². The fourth-order valence-electron chi connectivity index (χ4n) is 1.61. The van der Waals surface area contributed by atoms with Crippen LogP contribution in [0.3, 0.4) is 0 Å². The van der Waals surface area contributed by atoms with Crippen molar-refractivity contribution in [1.82, 2.24) is 10.2 Å². The third-order valence-electron chi connectivity index (χ3n) is 2.58. The van der Waals surface area contributed by atoms with Gasteiger partial charge in [0.25, 0.3) is 0 Å². The van der Waals surface area contributed by atoms with E-state index in [2.05, 4.69) is 15.5 Å². The first-order valence-electron chi connectivity index (χ1n) is 5.86. The second-order valence-electron chi connectivity index (χ2n) is 4.24. The average Bonchev–Trinajstić information content (AvgIpc) is 2.84. The minimum atomic E-state index is -4.40. The predicted molar refractivity (Wildman–Crippen MR) is 65.7 cm³/mol. The maximum absolute atomic E-state index is 12.8. The fourth-order valence-corrected chi connectivity index (χ4v) is 1.61. The summed E-state index contributed by atoms with van der Waals surface area (Å²) >= 11 is 0. The van der Waals surface area contributed by atoms with Crippen molar-refractivity contribution in [3.63, 3.8) is 0 Å². The Bertz CT molecular complexity index is 580. The number of alkyl halides is 3. The largest absolute Gasteiger partial charge is 0.416 e. The van der Waals surface area contributed by atoms with Gasteiger partial charge in [-0.25, -0.2) is 0 Å². The molecule has 1 heterocycles. The number of benzene rings is 1. The van der Waals surface area contributed by atoms with Gasteiger partial charge < -0.3 is 15.5 Å². The molecule has 0 aliphatic heterocycles. The molecule has 1 atom stereocenters. The van der Waals surface area contributed by atoms with Gasteiger partial charge in [0, 0.05) is 6.54 Å². The number of hydrogen-bond donors (Lipinski definition) is 2. The lowest BCUT2D eigenvalue weighted by Gasteiger charge is -2.12. The minimum absolute atomic E-state index is 0.0364. The van der Waals surface area contributed by atoms with Crippen LogP contribution in [-0.2, 0) is 12.7 Å². The highest BCUT2D eigenvalue weighted by Crippen LogP contribution is 2.32. The standard InChI is InChI=1S/C12H13F3N4O/c1-7(16)10-18-19-11(20-10)17-6-8-4-2-3-5-9(8)12(13,14)15/h2-5,7H,6,16H2,1H3,(H,17,19). The summed E-state index contributed by atoms with van der Waals surface area (Å²) in [4.78, 5) is 0. The number of aromatic nitrogens is 2. The van der Waals surface area contributed by atoms with Gasteiger partial charge in [-0.15, -0.1) is 5.10 Å². The van der Waals surface area contributed by atoms with Gasteiger partial charge in [-0.1, -0.05) is 23.3 Å². The molecule has 1 unspecified atom stereocenters. The Labute approximate surface area is 113 Å². The first kappa shape index (κ1) is 14.3. The third kappa shape index (κ3) is 3.27. The van der Waals surface area contributed by atoms with Crippen LogP contribution in [-0.4, -0.2) is 10.2 Å². The highest BCUT2D eigenvalue weighted by molar-refractivity contribution is 5.32. The van der Waals surface area contributed by atoms with Crippen LogP contribution in [0.1, 0.15) is 30.0 Å². The monoisotopic (exact) mass is 286 g/mol. The molecule has 3 N–H and O–H groups in total. The second kappa shape index (κ2) is 5.49. The van der Waals surface area contributed by atoms with E-state index in [0.29, 0.717) is 0 Å². The van der Waals surface area contributed by atoms with E-state index in [-0.39, 0.29) is 24.0 Å². The van der Waals surface area contributed by atoms with Gasteiger partial charge >= 0.3 is 12.2 Å². The van der Waals surface area contributed by atoms with Crippen molar-refractivity contribution in [3.8, 4) is 0 Å². The van der Waals surface area contributed by atoms with Crippen LogP contribution >= 0.6 is 0 Å². The molecule has 20 heavy (non-hydrogen) atoms. The summed E-state index contributed by atoms with van der Waals surface area (Å²) < 4.78 is 43.5. The van der Waals surface area contributed by atoms with Gasteiger partial charge in [0.05, 0.1) is 11.6 Å². The number of nitrogens with one attached hydrogen (secondary N) is 1. The maximum atomic E-state index is 12.8. The van der Waals surface area contributed by atoms with Crippen LogP contribution in [0.25, 0.3) is 0 Å². The third-order valence-corrected chi connectivity index (χ3v) is 2.58. The molecule has 5 nitrogen and oxygen atoms in total. The van der Waals surface area contributed by atoms with Gasteiger partial charge in [0.2, 0.25) is 5.89 Å².